The highest BCUT2D eigenvalue weighted by atomic mass is 79.9. The zero-order valence-electron chi connectivity index (χ0n) is 9.68. The Labute approximate surface area is 112 Å². The molecule has 0 spiro atoms. The first-order valence-electron chi connectivity index (χ1n) is 5.99. The van der Waals surface area contributed by atoms with Crippen molar-refractivity contribution in [3.63, 3.8) is 0 Å². The lowest BCUT2D eigenvalue weighted by atomic mass is 10.1. The van der Waals surface area contributed by atoms with Crippen LogP contribution in [0.15, 0.2) is 22.7 Å². The first-order valence-corrected chi connectivity index (χ1v) is 6.78. The molecule has 1 heterocycles. The lowest BCUT2D eigenvalue weighted by molar-refractivity contribution is 0.585. The molecule has 3 rings (SSSR count). The van der Waals surface area contributed by atoms with E-state index in [1.807, 2.05) is 0 Å². The van der Waals surface area contributed by atoms with Crippen LogP contribution < -0.4 is 0 Å². The Balaban J connectivity index is 2.03. The van der Waals surface area contributed by atoms with E-state index in [4.69, 9.17) is 0 Å². The second-order valence-electron chi connectivity index (χ2n) is 4.53. The fourth-order valence-electron chi connectivity index (χ4n) is 2.46. The molecule has 1 aliphatic rings. The van der Waals surface area contributed by atoms with E-state index in [0.717, 1.165) is 18.7 Å². The molecule has 0 radical (unpaired) electrons. The van der Waals surface area contributed by atoms with Crippen molar-refractivity contribution in [3.8, 4) is 5.69 Å². The van der Waals surface area contributed by atoms with Gasteiger partial charge in [0.15, 0.2) is 5.82 Å². The van der Waals surface area contributed by atoms with Crippen LogP contribution in [-0.2, 0) is 0 Å². The highest BCUT2D eigenvalue weighted by molar-refractivity contribution is 9.10. The first kappa shape index (κ1) is 11.8. The van der Waals surface area contributed by atoms with E-state index in [0.29, 0.717) is 16.1 Å². The van der Waals surface area contributed by atoms with E-state index >= 15 is 0 Å². The summed E-state index contributed by atoms with van der Waals surface area (Å²) in [5.74, 6) is 0.799. The summed E-state index contributed by atoms with van der Waals surface area (Å²) in [4.78, 5) is 0. The van der Waals surface area contributed by atoms with Gasteiger partial charge >= 0.3 is 0 Å². The maximum atomic E-state index is 13.9. The number of benzene rings is 1. The molecule has 0 atom stereocenters. The maximum absolute atomic E-state index is 13.9. The Kier molecular flexibility index (Phi) is 3.11. The molecule has 1 saturated carbocycles. The van der Waals surface area contributed by atoms with Gasteiger partial charge in [-0.05, 0) is 41.5 Å². The number of aromatic nitrogens is 4. The standard InChI is InChI=1S/C12H12BrFN4/c13-9-5-6-11(10(14)7-9)18-12(15-16-17-18)8-3-1-2-4-8/h5-8H,1-4H2. The summed E-state index contributed by atoms with van der Waals surface area (Å²) in [6.45, 7) is 0. The maximum Gasteiger partial charge on any atom is 0.159 e. The Morgan fingerprint density at radius 2 is 2.06 bits per heavy atom. The van der Waals surface area contributed by atoms with Crippen LogP contribution >= 0.6 is 15.9 Å². The molecular weight excluding hydrogens is 299 g/mol. The van der Waals surface area contributed by atoms with E-state index < -0.39 is 0 Å². The molecule has 0 saturated heterocycles. The Morgan fingerprint density at radius 3 is 2.78 bits per heavy atom. The zero-order valence-corrected chi connectivity index (χ0v) is 11.3. The average Bonchev–Trinajstić information content (AvgIpc) is 2.98. The van der Waals surface area contributed by atoms with Crippen LogP contribution in [0.5, 0.6) is 0 Å². The molecular formula is C12H12BrFN4. The van der Waals surface area contributed by atoms with Crippen LogP contribution in [0.4, 0.5) is 4.39 Å². The normalized spacial score (nSPS) is 16.3. The SMILES string of the molecule is Fc1cc(Br)ccc1-n1nnnc1C1CCCC1. The molecule has 2 aromatic rings. The van der Waals surface area contributed by atoms with Crippen molar-refractivity contribution < 1.29 is 4.39 Å². The topological polar surface area (TPSA) is 43.6 Å². The summed E-state index contributed by atoms with van der Waals surface area (Å²) in [6.07, 6.45) is 4.55. The van der Waals surface area contributed by atoms with Crippen LogP contribution in [0.1, 0.15) is 37.4 Å². The van der Waals surface area contributed by atoms with Gasteiger partial charge in [0.2, 0.25) is 0 Å². The predicted molar refractivity (Wildman–Crippen MR) is 68.0 cm³/mol. The number of nitrogens with zero attached hydrogens (tertiary/aromatic N) is 4. The second kappa shape index (κ2) is 4.76. The lowest BCUT2D eigenvalue weighted by Gasteiger charge is -2.10. The van der Waals surface area contributed by atoms with Crippen molar-refractivity contribution >= 4 is 15.9 Å². The molecule has 94 valence electrons. The van der Waals surface area contributed by atoms with Gasteiger partial charge in [-0.25, -0.2) is 4.39 Å². The minimum absolute atomic E-state index is 0.323. The molecule has 0 unspecified atom stereocenters. The van der Waals surface area contributed by atoms with Crippen LogP contribution in [0, 0.1) is 5.82 Å². The quantitative estimate of drug-likeness (QED) is 0.855. The van der Waals surface area contributed by atoms with Gasteiger partial charge in [-0.3, -0.25) is 0 Å². The van der Waals surface area contributed by atoms with Crippen molar-refractivity contribution in [1.82, 2.24) is 20.2 Å². The number of tetrazole rings is 1. The molecule has 0 amide bonds. The lowest BCUT2D eigenvalue weighted by Crippen LogP contribution is -2.08. The molecule has 18 heavy (non-hydrogen) atoms. The first-order chi connectivity index (χ1) is 8.75. The Bertz CT molecular complexity index is 563. The number of halogens is 2. The predicted octanol–water partition coefficient (Wildman–Crippen LogP) is 3.22. The van der Waals surface area contributed by atoms with Crippen LogP contribution in [-0.4, -0.2) is 20.2 Å². The fraction of sp³-hybridized carbons (Fsp3) is 0.417. The largest absolute Gasteiger partial charge is 0.205 e. The number of rotatable bonds is 2. The molecule has 6 heteroatoms. The molecule has 4 nitrogen and oxygen atoms in total. The highest BCUT2D eigenvalue weighted by Gasteiger charge is 2.24. The van der Waals surface area contributed by atoms with Crippen LogP contribution in [0.3, 0.4) is 0 Å². The van der Waals surface area contributed by atoms with Gasteiger partial charge in [0.05, 0.1) is 0 Å². The van der Waals surface area contributed by atoms with E-state index in [1.165, 1.54) is 23.6 Å². The van der Waals surface area contributed by atoms with Crippen molar-refractivity contribution in [2.75, 3.05) is 0 Å². The molecule has 1 fully saturated rings. The number of hydrogen-bond donors (Lipinski definition) is 0. The van der Waals surface area contributed by atoms with Gasteiger partial charge in [-0.15, -0.1) is 5.10 Å². The van der Waals surface area contributed by atoms with Crippen LogP contribution in [0.25, 0.3) is 5.69 Å². The average molecular weight is 311 g/mol. The summed E-state index contributed by atoms with van der Waals surface area (Å²) < 4.78 is 16.2. The van der Waals surface area contributed by atoms with Crippen molar-refractivity contribution in [3.05, 3.63) is 34.3 Å². The minimum atomic E-state index is -0.323. The highest BCUT2D eigenvalue weighted by Crippen LogP contribution is 2.33. The third-order valence-corrected chi connectivity index (χ3v) is 3.85. The summed E-state index contributed by atoms with van der Waals surface area (Å²) in [7, 11) is 0. The number of hydrogen-bond acceptors (Lipinski definition) is 3. The molecule has 1 aromatic heterocycles. The van der Waals surface area contributed by atoms with Gasteiger partial charge in [-0.2, -0.15) is 4.68 Å². The van der Waals surface area contributed by atoms with E-state index in [2.05, 4.69) is 31.5 Å². The van der Waals surface area contributed by atoms with Gasteiger partial charge < -0.3 is 0 Å². The molecule has 0 bridgehead atoms. The summed E-state index contributed by atoms with van der Waals surface area (Å²) in [6, 6.07) is 4.90. The molecule has 1 aromatic carbocycles. The fourth-order valence-corrected chi connectivity index (χ4v) is 2.79. The van der Waals surface area contributed by atoms with E-state index in [9.17, 15) is 4.39 Å². The van der Waals surface area contributed by atoms with Gasteiger partial charge in [0, 0.05) is 10.4 Å². The smallest absolute Gasteiger partial charge is 0.159 e. The monoisotopic (exact) mass is 310 g/mol. The zero-order chi connectivity index (χ0) is 12.5. The summed E-state index contributed by atoms with van der Waals surface area (Å²) in [5.41, 5.74) is 0.408. The van der Waals surface area contributed by atoms with Crippen molar-refractivity contribution in [1.29, 1.82) is 0 Å². The van der Waals surface area contributed by atoms with Crippen molar-refractivity contribution in [2.24, 2.45) is 0 Å². The van der Waals surface area contributed by atoms with E-state index in [-0.39, 0.29) is 5.82 Å². The summed E-state index contributed by atoms with van der Waals surface area (Å²) >= 11 is 3.24. The van der Waals surface area contributed by atoms with E-state index in [1.54, 1.807) is 12.1 Å². The Hall–Kier alpha value is -1.30. The minimum Gasteiger partial charge on any atom is -0.205 e. The third-order valence-electron chi connectivity index (χ3n) is 3.35. The Morgan fingerprint density at radius 1 is 1.28 bits per heavy atom. The second-order valence-corrected chi connectivity index (χ2v) is 5.44. The molecule has 0 N–H and O–H groups in total. The van der Waals surface area contributed by atoms with Gasteiger partial charge in [0.25, 0.3) is 0 Å². The van der Waals surface area contributed by atoms with Crippen molar-refractivity contribution in [2.45, 2.75) is 31.6 Å². The summed E-state index contributed by atoms with van der Waals surface area (Å²) in [5, 5.41) is 11.7. The third kappa shape index (κ3) is 2.05. The van der Waals surface area contributed by atoms with Gasteiger partial charge in [-0.1, -0.05) is 28.8 Å². The van der Waals surface area contributed by atoms with Gasteiger partial charge in [0.1, 0.15) is 11.5 Å². The molecule has 0 aliphatic heterocycles. The molecule has 1 aliphatic carbocycles. The van der Waals surface area contributed by atoms with Crippen LogP contribution in [0.2, 0.25) is 0 Å².